The molecule has 8 nitrogen and oxygen atoms in total. The first-order valence-electron chi connectivity index (χ1n) is 25.7. The number of likely N-dealkylation sites (N-methyl/N-ethyl adjacent to an activating group) is 1. The van der Waals surface area contributed by atoms with Crippen LogP contribution in [0.1, 0.15) is 245 Å². The van der Waals surface area contributed by atoms with E-state index in [2.05, 4.69) is 31.3 Å². The standard InChI is InChI=1S/C51H101N2O6P/c1-6-8-10-12-14-16-18-20-22-23-24-25-26-27-28-29-30-31-33-35-37-39-41-43-45-51(55)52-49(48-59-60(56,57)58-47-46-53(3,4)5)50(54)44-42-40-38-36-34-32-21-19-17-15-13-11-9-7-2/h27-28,42,44,49-50,54H,6-26,29-41,43,45-48H2,1-5H3,(H-,52,55,56,57)/p+1/b28-27-,44-42+. The molecule has 0 heterocycles. The zero-order chi connectivity index (χ0) is 44.3. The molecule has 9 heteroatoms. The van der Waals surface area contributed by atoms with Gasteiger partial charge in [0, 0.05) is 6.42 Å². The van der Waals surface area contributed by atoms with Gasteiger partial charge in [-0.15, -0.1) is 0 Å². The zero-order valence-electron chi connectivity index (χ0n) is 40.5. The molecule has 3 atom stereocenters. The van der Waals surface area contributed by atoms with Crippen LogP contribution in [0.5, 0.6) is 0 Å². The molecule has 3 N–H and O–H groups in total. The number of amides is 1. The number of aliphatic hydroxyl groups is 1. The minimum Gasteiger partial charge on any atom is -0.387 e. The highest BCUT2D eigenvalue weighted by Gasteiger charge is 2.27. The largest absolute Gasteiger partial charge is 0.472 e. The van der Waals surface area contributed by atoms with Crippen LogP contribution in [0.15, 0.2) is 24.3 Å². The highest BCUT2D eigenvalue weighted by molar-refractivity contribution is 7.47. The number of unbranched alkanes of at least 4 members (excludes halogenated alkanes) is 32. The molecule has 0 aliphatic heterocycles. The van der Waals surface area contributed by atoms with E-state index in [0.29, 0.717) is 17.4 Å². The summed E-state index contributed by atoms with van der Waals surface area (Å²) in [4.78, 5) is 23.2. The number of nitrogens with zero attached hydrogens (tertiary/aromatic N) is 1. The van der Waals surface area contributed by atoms with E-state index in [1.165, 1.54) is 186 Å². The Morgan fingerprint density at radius 2 is 0.900 bits per heavy atom. The summed E-state index contributed by atoms with van der Waals surface area (Å²) in [5.74, 6) is -0.178. The van der Waals surface area contributed by atoms with E-state index >= 15 is 0 Å². The van der Waals surface area contributed by atoms with Gasteiger partial charge in [-0.1, -0.05) is 218 Å². The van der Waals surface area contributed by atoms with Gasteiger partial charge in [-0.25, -0.2) is 4.57 Å². The molecule has 0 saturated heterocycles. The zero-order valence-corrected chi connectivity index (χ0v) is 41.4. The maximum Gasteiger partial charge on any atom is 0.472 e. The van der Waals surface area contributed by atoms with Crippen LogP contribution in [0, 0.1) is 0 Å². The molecule has 0 rings (SSSR count). The lowest BCUT2D eigenvalue weighted by Crippen LogP contribution is -2.45. The van der Waals surface area contributed by atoms with Crippen molar-refractivity contribution in [3.63, 3.8) is 0 Å². The lowest BCUT2D eigenvalue weighted by molar-refractivity contribution is -0.870. The molecule has 356 valence electrons. The number of carbonyl (C=O) groups excluding carboxylic acids is 1. The number of hydrogen-bond donors (Lipinski definition) is 3. The Morgan fingerprint density at radius 3 is 1.28 bits per heavy atom. The molecule has 0 aromatic rings. The van der Waals surface area contributed by atoms with Gasteiger partial charge < -0.3 is 19.8 Å². The van der Waals surface area contributed by atoms with Crippen molar-refractivity contribution in [2.24, 2.45) is 0 Å². The number of rotatable bonds is 47. The first kappa shape index (κ1) is 59.0. The lowest BCUT2D eigenvalue weighted by atomic mass is 10.0. The van der Waals surface area contributed by atoms with Gasteiger partial charge in [0.2, 0.25) is 5.91 Å². The molecule has 0 aromatic heterocycles. The minimum absolute atomic E-state index is 0.0622. The molecule has 0 saturated carbocycles. The third-order valence-electron chi connectivity index (χ3n) is 11.7. The van der Waals surface area contributed by atoms with Gasteiger partial charge in [0.05, 0.1) is 39.9 Å². The molecule has 0 aliphatic carbocycles. The average molecular weight is 870 g/mol. The molecular weight excluding hydrogens is 768 g/mol. The number of aliphatic hydroxyl groups excluding tert-OH is 1. The highest BCUT2D eigenvalue weighted by Crippen LogP contribution is 2.43. The molecule has 0 radical (unpaired) electrons. The number of allylic oxidation sites excluding steroid dienone is 3. The topological polar surface area (TPSA) is 105 Å². The van der Waals surface area contributed by atoms with Crippen LogP contribution in [0.4, 0.5) is 0 Å². The number of nitrogens with one attached hydrogen (secondary N) is 1. The summed E-state index contributed by atoms with van der Waals surface area (Å²) in [6.07, 6.45) is 52.6. The maximum atomic E-state index is 12.9. The number of phosphoric acid groups is 1. The Labute approximate surface area is 373 Å². The third kappa shape index (κ3) is 45.0. The summed E-state index contributed by atoms with van der Waals surface area (Å²) in [6, 6.07) is -0.845. The van der Waals surface area contributed by atoms with E-state index in [1.807, 2.05) is 27.2 Å². The summed E-state index contributed by atoms with van der Waals surface area (Å²) in [5.41, 5.74) is 0. The Hall–Kier alpha value is -1.02. The molecular formula is C51H102N2O6P+. The van der Waals surface area contributed by atoms with Gasteiger partial charge in [0.25, 0.3) is 0 Å². The number of hydrogen-bond acceptors (Lipinski definition) is 5. The average Bonchev–Trinajstić information content (AvgIpc) is 3.20. The lowest BCUT2D eigenvalue weighted by Gasteiger charge is -2.25. The van der Waals surface area contributed by atoms with Crippen molar-refractivity contribution in [3.8, 4) is 0 Å². The van der Waals surface area contributed by atoms with Gasteiger partial charge in [-0.3, -0.25) is 13.8 Å². The van der Waals surface area contributed by atoms with Crippen molar-refractivity contribution in [1.82, 2.24) is 5.32 Å². The van der Waals surface area contributed by atoms with Gasteiger partial charge in [0.15, 0.2) is 0 Å². The number of carbonyl (C=O) groups is 1. The highest BCUT2D eigenvalue weighted by atomic mass is 31.2. The number of phosphoric ester groups is 1. The Bertz CT molecular complexity index is 1030. The Kier molecular flexibility index (Phi) is 42.5. The first-order valence-corrected chi connectivity index (χ1v) is 27.2. The van der Waals surface area contributed by atoms with Crippen molar-refractivity contribution in [2.75, 3.05) is 40.9 Å². The molecule has 60 heavy (non-hydrogen) atoms. The van der Waals surface area contributed by atoms with Crippen LogP contribution in [0.2, 0.25) is 0 Å². The van der Waals surface area contributed by atoms with E-state index in [-0.39, 0.29) is 19.1 Å². The maximum absolute atomic E-state index is 12.9. The van der Waals surface area contributed by atoms with Crippen LogP contribution in [0.3, 0.4) is 0 Å². The van der Waals surface area contributed by atoms with E-state index in [1.54, 1.807) is 6.08 Å². The van der Waals surface area contributed by atoms with Crippen LogP contribution in [0.25, 0.3) is 0 Å². The van der Waals surface area contributed by atoms with Crippen molar-refractivity contribution >= 4 is 13.7 Å². The molecule has 0 aliphatic rings. The molecule has 0 aromatic carbocycles. The molecule has 3 unspecified atom stereocenters. The van der Waals surface area contributed by atoms with Crippen molar-refractivity contribution < 1.29 is 32.9 Å². The minimum atomic E-state index is -4.34. The van der Waals surface area contributed by atoms with Crippen LogP contribution < -0.4 is 5.32 Å². The van der Waals surface area contributed by atoms with Crippen LogP contribution in [-0.4, -0.2) is 73.4 Å². The van der Waals surface area contributed by atoms with Gasteiger partial charge >= 0.3 is 7.82 Å². The summed E-state index contributed by atoms with van der Waals surface area (Å²) >= 11 is 0. The quantitative estimate of drug-likeness (QED) is 0.0243. The van der Waals surface area contributed by atoms with Gasteiger partial charge in [-0.05, 0) is 44.9 Å². The van der Waals surface area contributed by atoms with Crippen LogP contribution in [-0.2, 0) is 18.4 Å². The second kappa shape index (κ2) is 43.2. The normalized spacial score (nSPS) is 14.3. The van der Waals surface area contributed by atoms with Crippen LogP contribution >= 0.6 is 7.82 Å². The summed E-state index contributed by atoms with van der Waals surface area (Å²) in [7, 11) is 1.58. The smallest absolute Gasteiger partial charge is 0.387 e. The fourth-order valence-corrected chi connectivity index (χ4v) is 8.30. The fraction of sp³-hybridized carbons (Fsp3) is 0.902. The molecule has 0 spiro atoms. The monoisotopic (exact) mass is 870 g/mol. The summed E-state index contributed by atoms with van der Waals surface area (Å²) < 4.78 is 23.6. The summed E-state index contributed by atoms with van der Waals surface area (Å²) in [5, 5.41) is 13.9. The number of quaternary nitrogens is 1. The predicted molar refractivity (Wildman–Crippen MR) is 258 cm³/mol. The van der Waals surface area contributed by atoms with E-state index < -0.39 is 20.0 Å². The SMILES string of the molecule is CCCCCCCCCCCCCC/C=C\CCCCCCCCCCC(=O)NC(COP(=O)(O)OCC[N+](C)(C)C)C(O)/C=C/CCCCCCCCCCCCCC. The fourth-order valence-electron chi connectivity index (χ4n) is 7.57. The second-order valence-corrected chi connectivity index (χ2v) is 20.4. The first-order chi connectivity index (χ1) is 29.0. The van der Waals surface area contributed by atoms with E-state index in [4.69, 9.17) is 9.05 Å². The molecule has 0 fully saturated rings. The van der Waals surface area contributed by atoms with Gasteiger partial charge in [-0.2, -0.15) is 0 Å². The molecule has 0 bridgehead atoms. The van der Waals surface area contributed by atoms with Crippen molar-refractivity contribution in [1.29, 1.82) is 0 Å². The summed E-state index contributed by atoms with van der Waals surface area (Å²) in [6.45, 7) is 4.83. The van der Waals surface area contributed by atoms with Crippen molar-refractivity contribution in [2.45, 2.75) is 257 Å². The van der Waals surface area contributed by atoms with E-state index in [9.17, 15) is 19.4 Å². The molecule has 1 amide bonds. The van der Waals surface area contributed by atoms with E-state index in [0.717, 1.165) is 38.5 Å². The third-order valence-corrected chi connectivity index (χ3v) is 12.6. The van der Waals surface area contributed by atoms with Crippen molar-refractivity contribution in [3.05, 3.63) is 24.3 Å². The predicted octanol–water partition coefficient (Wildman–Crippen LogP) is 14.9. The second-order valence-electron chi connectivity index (χ2n) is 18.9. The Balaban J connectivity index is 4.23. The Morgan fingerprint density at radius 1 is 0.550 bits per heavy atom. The van der Waals surface area contributed by atoms with Gasteiger partial charge in [0.1, 0.15) is 13.2 Å².